The number of ether oxygens (including phenoxy) is 1. The van der Waals surface area contributed by atoms with E-state index in [1.54, 1.807) is 0 Å². The summed E-state index contributed by atoms with van der Waals surface area (Å²) in [7, 11) is -8.65. The summed E-state index contributed by atoms with van der Waals surface area (Å²) in [6.07, 6.45) is 0. The summed E-state index contributed by atoms with van der Waals surface area (Å²) in [4.78, 5) is 34.0. The van der Waals surface area contributed by atoms with Gasteiger partial charge in [0.05, 0.1) is 4.92 Å². The van der Waals surface area contributed by atoms with Crippen molar-refractivity contribution in [2.45, 2.75) is 11.8 Å². The molecule has 1 aliphatic heterocycles. The van der Waals surface area contributed by atoms with Crippen molar-refractivity contribution in [2.24, 2.45) is 0 Å². The Balaban J connectivity index is 0.000000739. The summed E-state index contributed by atoms with van der Waals surface area (Å²) >= 11 is 12.0. The molecule has 0 amide bonds. The van der Waals surface area contributed by atoms with Crippen LogP contribution in [0.3, 0.4) is 0 Å². The van der Waals surface area contributed by atoms with Gasteiger partial charge in [0.1, 0.15) is 16.4 Å². The highest BCUT2D eigenvalue weighted by molar-refractivity contribution is 7.89. The zero-order chi connectivity index (χ0) is 25.7. The molecule has 2 aromatic carbocycles. The second-order valence-corrected chi connectivity index (χ2v) is 10.8. The van der Waals surface area contributed by atoms with E-state index in [-0.39, 0.29) is 22.1 Å². The minimum absolute atomic E-state index is 0.0353. The van der Waals surface area contributed by atoms with Gasteiger partial charge in [0.25, 0.3) is 5.69 Å². The third-order valence-electron chi connectivity index (χ3n) is 4.60. The molecule has 0 unspecified atom stereocenters. The lowest BCUT2D eigenvalue weighted by Crippen LogP contribution is -2.48. The predicted octanol–water partition coefficient (Wildman–Crippen LogP) is 3.09. The van der Waals surface area contributed by atoms with Crippen LogP contribution in [0.2, 0.25) is 10.0 Å². The van der Waals surface area contributed by atoms with E-state index >= 15 is 0 Å². The summed E-state index contributed by atoms with van der Waals surface area (Å²) in [6, 6.07) is 7.94. The van der Waals surface area contributed by atoms with Crippen molar-refractivity contribution in [2.75, 3.05) is 32.7 Å². The molecule has 0 bridgehead atoms. The lowest BCUT2D eigenvalue weighted by atomic mass is 10.3. The Morgan fingerprint density at radius 2 is 1.59 bits per heavy atom. The molecule has 0 aliphatic carbocycles. The monoisotopic (exact) mass is 557 g/mol. The number of hydrogen-bond donors (Lipinski definition) is 3. The first-order valence-corrected chi connectivity index (χ1v) is 13.4. The van der Waals surface area contributed by atoms with Gasteiger partial charge < -0.3 is 24.3 Å². The van der Waals surface area contributed by atoms with Crippen molar-refractivity contribution in [1.82, 2.24) is 9.21 Å². The number of rotatable bonds is 6. The van der Waals surface area contributed by atoms with Crippen LogP contribution >= 0.6 is 31.0 Å². The maximum atomic E-state index is 13.3. The van der Waals surface area contributed by atoms with Gasteiger partial charge in [-0.2, -0.15) is 4.31 Å². The van der Waals surface area contributed by atoms with Crippen LogP contribution in [0.4, 0.5) is 5.69 Å². The number of nitro groups is 1. The van der Waals surface area contributed by atoms with Gasteiger partial charge in [-0.25, -0.2) is 13.0 Å². The average Bonchev–Trinajstić information content (AvgIpc) is 2.72. The zero-order valence-corrected chi connectivity index (χ0v) is 21.0. The van der Waals surface area contributed by atoms with Crippen LogP contribution in [0.15, 0.2) is 41.3 Å². The molecule has 0 aromatic heterocycles. The fourth-order valence-corrected chi connectivity index (χ4v) is 5.10. The summed E-state index contributed by atoms with van der Waals surface area (Å²) in [6.45, 7) is 4.60. The molecule has 1 heterocycles. The fraction of sp³-hybridized carbons (Fsp3) is 0.333. The van der Waals surface area contributed by atoms with E-state index in [1.807, 2.05) is 6.92 Å². The minimum atomic E-state index is -4.64. The van der Waals surface area contributed by atoms with E-state index < -0.39 is 22.8 Å². The number of nitro benzene ring substituents is 1. The number of likely N-dealkylation sites (N-methyl/N-ethyl adjacent to an activating group) is 1. The molecule has 0 atom stereocenters. The number of phosphoric acid groups is 1. The molecule has 3 N–H and O–H groups in total. The van der Waals surface area contributed by atoms with Gasteiger partial charge >= 0.3 is 7.82 Å². The maximum absolute atomic E-state index is 13.3. The highest BCUT2D eigenvalue weighted by Gasteiger charge is 2.32. The van der Waals surface area contributed by atoms with Gasteiger partial charge in [-0.05, 0) is 30.8 Å². The largest absolute Gasteiger partial charge is 0.466 e. The Morgan fingerprint density at radius 1 is 1.06 bits per heavy atom. The Bertz CT molecular complexity index is 1160. The van der Waals surface area contributed by atoms with Crippen LogP contribution < -0.4 is 4.74 Å². The van der Waals surface area contributed by atoms with Crippen molar-refractivity contribution in [3.63, 3.8) is 0 Å². The Morgan fingerprint density at radius 3 is 2.06 bits per heavy atom. The number of non-ortho nitro benzene ring substituents is 1. The molecule has 12 nitrogen and oxygen atoms in total. The van der Waals surface area contributed by atoms with Crippen LogP contribution in [-0.4, -0.2) is 70.0 Å². The van der Waals surface area contributed by atoms with Gasteiger partial charge in [-0.15, -0.1) is 0 Å². The smallest absolute Gasteiger partial charge is 0.456 e. The van der Waals surface area contributed by atoms with E-state index in [4.69, 9.17) is 47.2 Å². The third kappa shape index (κ3) is 8.45. The molecular formula is C18H22Cl2N3O9PS. The van der Waals surface area contributed by atoms with Gasteiger partial charge in [0.2, 0.25) is 10.0 Å². The molecule has 16 heteroatoms. The van der Waals surface area contributed by atoms with Crippen LogP contribution in [0, 0.1) is 10.1 Å². The van der Waals surface area contributed by atoms with Crippen molar-refractivity contribution >= 4 is 46.7 Å². The van der Waals surface area contributed by atoms with E-state index in [0.717, 1.165) is 12.6 Å². The average molecular weight is 558 g/mol. The van der Waals surface area contributed by atoms with Gasteiger partial charge in [0.15, 0.2) is 0 Å². The van der Waals surface area contributed by atoms with E-state index in [9.17, 15) is 18.5 Å². The second kappa shape index (κ2) is 11.8. The Kier molecular flexibility index (Phi) is 9.83. The summed E-state index contributed by atoms with van der Waals surface area (Å²) in [5.74, 6) is 0.190. The number of benzene rings is 2. The summed E-state index contributed by atoms with van der Waals surface area (Å²) in [5.41, 5.74) is -0.341. The van der Waals surface area contributed by atoms with E-state index in [1.165, 1.54) is 34.6 Å². The first kappa shape index (κ1) is 28.4. The molecule has 2 aromatic rings. The van der Waals surface area contributed by atoms with Crippen molar-refractivity contribution in [1.29, 1.82) is 0 Å². The van der Waals surface area contributed by atoms with Gasteiger partial charge in [0, 0.05) is 48.4 Å². The standard InChI is InChI=1S/C18H19Cl2N3O5S.H3O4P/c1-2-21-5-7-22(8-6-21)29(26,27)18-12-15(23(24)25)3-4-17(18)28-16-10-13(19)9-14(20)11-16;1-5(2,3)4/h3-4,9-12H,2,5-8H2,1H3;(H3,1,2,3,4). The van der Waals surface area contributed by atoms with Crippen LogP contribution in [0.1, 0.15) is 6.92 Å². The van der Waals surface area contributed by atoms with Crippen molar-refractivity contribution < 1.29 is 37.3 Å². The number of halogens is 2. The third-order valence-corrected chi connectivity index (χ3v) is 6.95. The molecule has 1 saturated heterocycles. The molecule has 188 valence electrons. The predicted molar refractivity (Wildman–Crippen MR) is 125 cm³/mol. The Labute approximate surface area is 205 Å². The van der Waals surface area contributed by atoms with Crippen LogP contribution in [-0.2, 0) is 14.6 Å². The lowest BCUT2D eigenvalue weighted by Gasteiger charge is -2.33. The minimum Gasteiger partial charge on any atom is -0.456 e. The van der Waals surface area contributed by atoms with E-state index in [2.05, 4.69) is 4.90 Å². The summed E-state index contributed by atoms with van der Waals surface area (Å²) < 4.78 is 42.4. The molecular weight excluding hydrogens is 536 g/mol. The topological polar surface area (TPSA) is 171 Å². The van der Waals surface area contributed by atoms with Crippen LogP contribution in [0.5, 0.6) is 11.5 Å². The van der Waals surface area contributed by atoms with Crippen molar-refractivity contribution in [3.8, 4) is 11.5 Å². The first-order valence-electron chi connectivity index (χ1n) is 9.64. The van der Waals surface area contributed by atoms with E-state index in [0.29, 0.717) is 36.2 Å². The highest BCUT2D eigenvalue weighted by atomic mass is 35.5. The number of nitrogens with zero attached hydrogens (tertiary/aromatic N) is 3. The highest BCUT2D eigenvalue weighted by Crippen LogP contribution is 2.36. The lowest BCUT2D eigenvalue weighted by molar-refractivity contribution is -0.385. The molecule has 34 heavy (non-hydrogen) atoms. The quantitative estimate of drug-likeness (QED) is 0.272. The normalized spacial score (nSPS) is 15.4. The first-order chi connectivity index (χ1) is 15.7. The molecule has 3 rings (SSSR count). The summed E-state index contributed by atoms with van der Waals surface area (Å²) in [5, 5.41) is 11.8. The maximum Gasteiger partial charge on any atom is 0.466 e. The molecule has 0 spiro atoms. The molecule has 0 radical (unpaired) electrons. The SMILES string of the molecule is CCN1CCN(S(=O)(=O)c2cc([N+](=O)[O-])ccc2Oc2cc(Cl)cc(Cl)c2)CC1.O=P(O)(O)O. The number of piperazine rings is 1. The number of sulfonamides is 1. The molecule has 1 aliphatic rings. The van der Waals surface area contributed by atoms with Gasteiger partial charge in [-0.3, -0.25) is 10.1 Å². The number of hydrogen-bond acceptors (Lipinski definition) is 7. The van der Waals surface area contributed by atoms with Crippen LogP contribution in [0.25, 0.3) is 0 Å². The zero-order valence-electron chi connectivity index (χ0n) is 17.7. The molecule has 1 fully saturated rings. The Hall–Kier alpha value is -1.80. The van der Waals surface area contributed by atoms with Crippen molar-refractivity contribution in [3.05, 3.63) is 56.6 Å². The fourth-order valence-electron chi connectivity index (χ4n) is 3.04. The molecule has 0 saturated carbocycles. The van der Waals surface area contributed by atoms with Gasteiger partial charge in [-0.1, -0.05) is 30.1 Å². The second-order valence-electron chi connectivity index (χ2n) is 6.95.